The third kappa shape index (κ3) is 2.62. The third-order valence-corrected chi connectivity index (χ3v) is 3.30. The molecule has 0 saturated carbocycles. The number of nitrogens with zero attached hydrogens (tertiary/aromatic N) is 2. The molecule has 0 amide bonds. The van der Waals surface area contributed by atoms with Crippen LogP contribution in [0.5, 0.6) is 0 Å². The second-order valence-corrected chi connectivity index (χ2v) is 5.15. The molecular weight excluding hydrogens is 246 g/mol. The van der Waals surface area contributed by atoms with Crippen LogP contribution in [0.1, 0.15) is 25.3 Å². The van der Waals surface area contributed by atoms with E-state index in [9.17, 15) is 0 Å². The molecule has 1 aromatic heterocycles. The molecule has 0 saturated heterocycles. The molecule has 2 aromatic carbocycles. The first-order valence-electron chi connectivity index (χ1n) is 6.81. The lowest BCUT2D eigenvalue weighted by Crippen LogP contribution is -1.96. The Hall–Kier alpha value is -2.42. The highest BCUT2D eigenvalue weighted by Crippen LogP contribution is 2.20. The number of hydrogen-bond donors (Lipinski definition) is 1. The molecule has 0 aliphatic rings. The average molecular weight is 263 g/mol. The minimum absolute atomic E-state index is 0.546. The van der Waals surface area contributed by atoms with Crippen molar-refractivity contribution in [3.05, 3.63) is 60.3 Å². The summed E-state index contributed by atoms with van der Waals surface area (Å²) in [6, 6.07) is 16.3. The van der Waals surface area contributed by atoms with Crippen molar-refractivity contribution in [2.75, 3.05) is 5.32 Å². The standard InChI is InChI=1S/C17H17N3/c1-12(2)13-7-9-14(10-8-13)19-17-11-18-15-5-3-4-6-16(15)20-17/h3-12H,1-2H3,(H,19,20). The van der Waals surface area contributed by atoms with E-state index in [4.69, 9.17) is 0 Å². The fraction of sp³-hybridized carbons (Fsp3) is 0.176. The molecule has 20 heavy (non-hydrogen) atoms. The van der Waals surface area contributed by atoms with Gasteiger partial charge in [0, 0.05) is 5.69 Å². The predicted molar refractivity (Wildman–Crippen MR) is 83.4 cm³/mol. The van der Waals surface area contributed by atoms with Gasteiger partial charge in [0.05, 0.1) is 17.2 Å². The summed E-state index contributed by atoms with van der Waals surface area (Å²) < 4.78 is 0. The van der Waals surface area contributed by atoms with Crippen molar-refractivity contribution in [2.45, 2.75) is 19.8 Å². The summed E-state index contributed by atoms with van der Waals surface area (Å²) in [5.41, 5.74) is 4.17. The highest BCUT2D eigenvalue weighted by atomic mass is 15.0. The molecule has 0 bridgehead atoms. The number of fused-ring (bicyclic) bond motifs is 1. The summed E-state index contributed by atoms with van der Waals surface area (Å²) in [4.78, 5) is 8.95. The Morgan fingerprint density at radius 3 is 2.30 bits per heavy atom. The highest BCUT2D eigenvalue weighted by Gasteiger charge is 2.01. The number of aromatic nitrogens is 2. The van der Waals surface area contributed by atoms with E-state index in [2.05, 4.69) is 53.4 Å². The lowest BCUT2D eigenvalue weighted by atomic mass is 10.0. The zero-order chi connectivity index (χ0) is 13.9. The smallest absolute Gasteiger partial charge is 0.149 e. The molecule has 0 spiro atoms. The van der Waals surface area contributed by atoms with E-state index in [0.29, 0.717) is 5.92 Å². The second kappa shape index (κ2) is 5.29. The summed E-state index contributed by atoms with van der Waals surface area (Å²) in [5, 5.41) is 3.29. The van der Waals surface area contributed by atoms with Gasteiger partial charge in [0.15, 0.2) is 0 Å². The summed E-state index contributed by atoms with van der Waals surface area (Å²) in [7, 11) is 0. The van der Waals surface area contributed by atoms with Gasteiger partial charge in [-0.25, -0.2) is 4.98 Å². The van der Waals surface area contributed by atoms with Crippen molar-refractivity contribution in [1.29, 1.82) is 0 Å². The number of nitrogens with one attached hydrogen (secondary N) is 1. The Balaban J connectivity index is 1.85. The Labute approximate surface area is 118 Å². The van der Waals surface area contributed by atoms with Gasteiger partial charge < -0.3 is 5.32 Å². The molecule has 1 N–H and O–H groups in total. The molecule has 0 unspecified atom stereocenters. The molecule has 3 nitrogen and oxygen atoms in total. The largest absolute Gasteiger partial charge is 0.339 e. The maximum absolute atomic E-state index is 4.55. The van der Waals surface area contributed by atoms with Crippen LogP contribution in [-0.4, -0.2) is 9.97 Å². The Morgan fingerprint density at radius 1 is 0.900 bits per heavy atom. The van der Waals surface area contributed by atoms with Crippen LogP contribution in [-0.2, 0) is 0 Å². The second-order valence-electron chi connectivity index (χ2n) is 5.15. The van der Waals surface area contributed by atoms with Gasteiger partial charge in [0.25, 0.3) is 0 Å². The van der Waals surface area contributed by atoms with Crippen molar-refractivity contribution in [2.24, 2.45) is 0 Å². The van der Waals surface area contributed by atoms with Crippen LogP contribution >= 0.6 is 0 Å². The van der Waals surface area contributed by atoms with E-state index in [1.807, 2.05) is 24.3 Å². The van der Waals surface area contributed by atoms with Crippen LogP contribution in [0.2, 0.25) is 0 Å². The number of hydrogen-bond acceptors (Lipinski definition) is 3. The maximum Gasteiger partial charge on any atom is 0.149 e. The Morgan fingerprint density at radius 2 is 1.60 bits per heavy atom. The van der Waals surface area contributed by atoms with Gasteiger partial charge in [-0.3, -0.25) is 4.98 Å². The topological polar surface area (TPSA) is 37.8 Å². The van der Waals surface area contributed by atoms with Crippen molar-refractivity contribution >= 4 is 22.5 Å². The lowest BCUT2D eigenvalue weighted by molar-refractivity contribution is 0.867. The monoisotopic (exact) mass is 263 g/mol. The van der Waals surface area contributed by atoms with Crippen LogP contribution in [0.4, 0.5) is 11.5 Å². The molecule has 0 atom stereocenters. The van der Waals surface area contributed by atoms with E-state index >= 15 is 0 Å². The summed E-state index contributed by atoms with van der Waals surface area (Å²) in [6.45, 7) is 4.38. The lowest BCUT2D eigenvalue weighted by Gasteiger charge is -2.09. The Kier molecular flexibility index (Phi) is 3.33. The van der Waals surface area contributed by atoms with Crippen LogP contribution in [0, 0.1) is 0 Å². The zero-order valence-electron chi connectivity index (χ0n) is 11.7. The van der Waals surface area contributed by atoms with Gasteiger partial charge in [0.1, 0.15) is 5.82 Å². The molecule has 100 valence electrons. The first-order valence-corrected chi connectivity index (χ1v) is 6.81. The highest BCUT2D eigenvalue weighted by molar-refractivity contribution is 5.76. The van der Waals surface area contributed by atoms with E-state index in [1.165, 1.54) is 5.56 Å². The molecule has 0 radical (unpaired) electrons. The summed E-state index contributed by atoms with van der Waals surface area (Å²) in [5.74, 6) is 1.31. The number of para-hydroxylation sites is 2. The van der Waals surface area contributed by atoms with Gasteiger partial charge in [-0.15, -0.1) is 0 Å². The van der Waals surface area contributed by atoms with Crippen molar-refractivity contribution in [3.63, 3.8) is 0 Å². The predicted octanol–water partition coefficient (Wildman–Crippen LogP) is 4.50. The number of anilines is 2. The van der Waals surface area contributed by atoms with Gasteiger partial charge in [-0.2, -0.15) is 0 Å². The number of benzene rings is 2. The van der Waals surface area contributed by atoms with E-state index in [1.54, 1.807) is 6.20 Å². The SMILES string of the molecule is CC(C)c1ccc(Nc2cnc3ccccc3n2)cc1. The molecule has 0 fully saturated rings. The molecule has 0 aliphatic heterocycles. The third-order valence-electron chi connectivity index (χ3n) is 3.30. The van der Waals surface area contributed by atoms with E-state index in [0.717, 1.165) is 22.5 Å². The maximum atomic E-state index is 4.55. The fourth-order valence-corrected chi connectivity index (χ4v) is 2.12. The molecule has 3 aromatic rings. The van der Waals surface area contributed by atoms with E-state index in [-0.39, 0.29) is 0 Å². The zero-order valence-corrected chi connectivity index (χ0v) is 11.7. The molecule has 3 rings (SSSR count). The first-order chi connectivity index (χ1) is 9.72. The minimum atomic E-state index is 0.546. The molecule has 1 heterocycles. The van der Waals surface area contributed by atoms with Gasteiger partial charge in [0.2, 0.25) is 0 Å². The minimum Gasteiger partial charge on any atom is -0.339 e. The van der Waals surface area contributed by atoms with Gasteiger partial charge >= 0.3 is 0 Å². The van der Waals surface area contributed by atoms with Crippen molar-refractivity contribution in [3.8, 4) is 0 Å². The number of rotatable bonds is 3. The summed E-state index contributed by atoms with van der Waals surface area (Å²) >= 11 is 0. The van der Waals surface area contributed by atoms with Crippen molar-refractivity contribution < 1.29 is 0 Å². The van der Waals surface area contributed by atoms with Crippen molar-refractivity contribution in [1.82, 2.24) is 9.97 Å². The average Bonchev–Trinajstić information content (AvgIpc) is 2.48. The van der Waals surface area contributed by atoms with Gasteiger partial charge in [-0.1, -0.05) is 38.1 Å². The normalized spacial score (nSPS) is 10.9. The molecular formula is C17H17N3. The van der Waals surface area contributed by atoms with E-state index < -0.39 is 0 Å². The van der Waals surface area contributed by atoms with Crippen LogP contribution in [0.3, 0.4) is 0 Å². The Bertz CT molecular complexity index is 718. The first kappa shape index (κ1) is 12.6. The summed E-state index contributed by atoms with van der Waals surface area (Å²) in [6.07, 6.45) is 1.76. The van der Waals surface area contributed by atoms with Crippen LogP contribution in [0.25, 0.3) is 11.0 Å². The quantitative estimate of drug-likeness (QED) is 0.756. The molecule has 3 heteroatoms. The fourth-order valence-electron chi connectivity index (χ4n) is 2.12. The molecule has 0 aliphatic carbocycles. The van der Waals surface area contributed by atoms with Crippen LogP contribution < -0.4 is 5.32 Å². The van der Waals surface area contributed by atoms with Crippen LogP contribution in [0.15, 0.2) is 54.7 Å². The van der Waals surface area contributed by atoms with Gasteiger partial charge in [-0.05, 0) is 35.7 Å².